The third-order valence-corrected chi connectivity index (χ3v) is 5.25. The maximum Gasteiger partial charge on any atom is 0.349 e. The molecule has 0 saturated carbocycles. The van der Waals surface area contributed by atoms with Crippen LogP contribution in [0.3, 0.4) is 0 Å². The first-order valence-electron chi connectivity index (χ1n) is 10.3. The van der Waals surface area contributed by atoms with Crippen molar-refractivity contribution < 1.29 is 13.6 Å². The highest BCUT2D eigenvalue weighted by Crippen LogP contribution is 2.24. The number of para-hydroxylation sites is 2. The zero-order chi connectivity index (χ0) is 22.8. The van der Waals surface area contributed by atoms with Gasteiger partial charge in [-0.3, -0.25) is 4.79 Å². The first-order valence-corrected chi connectivity index (χ1v) is 10.3. The summed E-state index contributed by atoms with van der Waals surface area (Å²) in [7, 11) is 0. The van der Waals surface area contributed by atoms with Crippen LogP contribution in [-0.2, 0) is 6.54 Å². The average Bonchev–Trinajstić information content (AvgIpc) is 3.27. The summed E-state index contributed by atoms with van der Waals surface area (Å²) in [5.74, 6) is -0.897. The molecule has 6 nitrogen and oxygen atoms in total. The van der Waals surface area contributed by atoms with Crippen molar-refractivity contribution in [3.63, 3.8) is 0 Å². The molecule has 33 heavy (non-hydrogen) atoms. The first-order chi connectivity index (χ1) is 16.1. The number of aromatic nitrogens is 2. The standard InChI is InChI=1S/C26H18FN3O3/c27-20-12-10-17(11-13-20)24-19(16-30(29-24)21-7-2-1-3-8-21)15-28-25(31)22-14-18-6-4-5-9-23(18)33-26(22)32/h1-14,16H,15H2,(H,28,31). The van der Waals surface area contributed by atoms with Gasteiger partial charge >= 0.3 is 5.63 Å². The highest BCUT2D eigenvalue weighted by Gasteiger charge is 2.17. The third kappa shape index (κ3) is 4.16. The second kappa shape index (κ2) is 8.55. The molecule has 5 rings (SSSR count). The van der Waals surface area contributed by atoms with E-state index in [-0.39, 0.29) is 17.9 Å². The van der Waals surface area contributed by atoms with Crippen LogP contribution in [0.1, 0.15) is 15.9 Å². The topological polar surface area (TPSA) is 77.1 Å². The molecule has 1 amide bonds. The van der Waals surface area contributed by atoms with Crippen molar-refractivity contribution in [2.45, 2.75) is 6.54 Å². The van der Waals surface area contributed by atoms with Crippen LogP contribution in [0.15, 0.2) is 100 Å². The molecule has 2 aromatic heterocycles. The van der Waals surface area contributed by atoms with Gasteiger partial charge in [-0.1, -0.05) is 36.4 Å². The number of hydrogen-bond acceptors (Lipinski definition) is 4. The zero-order valence-electron chi connectivity index (χ0n) is 17.4. The molecule has 5 aromatic rings. The molecule has 0 aliphatic heterocycles. The van der Waals surface area contributed by atoms with Crippen molar-refractivity contribution in [2.24, 2.45) is 0 Å². The molecule has 2 heterocycles. The van der Waals surface area contributed by atoms with E-state index in [1.807, 2.05) is 30.3 Å². The number of fused-ring (bicyclic) bond motifs is 1. The first kappa shape index (κ1) is 20.4. The Morgan fingerprint density at radius 1 is 0.970 bits per heavy atom. The number of nitrogens with zero attached hydrogens (tertiary/aromatic N) is 2. The second-order valence-electron chi connectivity index (χ2n) is 7.46. The molecule has 7 heteroatoms. The summed E-state index contributed by atoms with van der Waals surface area (Å²) in [4.78, 5) is 25.1. The average molecular weight is 439 g/mol. The van der Waals surface area contributed by atoms with Gasteiger partial charge in [-0.2, -0.15) is 5.10 Å². The molecule has 0 spiro atoms. The zero-order valence-corrected chi connectivity index (χ0v) is 17.4. The van der Waals surface area contributed by atoms with E-state index in [2.05, 4.69) is 10.4 Å². The summed E-state index contributed by atoms with van der Waals surface area (Å²) in [5.41, 5.74) is 2.50. The minimum absolute atomic E-state index is 0.0764. The number of carbonyl (C=O) groups excluding carboxylic acids is 1. The van der Waals surface area contributed by atoms with Gasteiger partial charge in [-0.05, 0) is 48.5 Å². The quantitative estimate of drug-likeness (QED) is 0.402. The predicted octanol–water partition coefficient (Wildman–Crippen LogP) is 4.71. The second-order valence-corrected chi connectivity index (χ2v) is 7.46. The van der Waals surface area contributed by atoms with Crippen LogP contribution in [0.4, 0.5) is 4.39 Å². The van der Waals surface area contributed by atoms with E-state index in [0.29, 0.717) is 27.8 Å². The van der Waals surface area contributed by atoms with Gasteiger partial charge in [0.1, 0.15) is 17.0 Å². The van der Waals surface area contributed by atoms with Gasteiger partial charge in [0.25, 0.3) is 5.91 Å². The van der Waals surface area contributed by atoms with Gasteiger partial charge in [0, 0.05) is 29.3 Å². The molecule has 1 N–H and O–H groups in total. The Hall–Kier alpha value is -4.52. The Bertz CT molecular complexity index is 1510. The van der Waals surface area contributed by atoms with Crippen LogP contribution in [0.5, 0.6) is 0 Å². The lowest BCUT2D eigenvalue weighted by Crippen LogP contribution is -2.27. The number of carbonyl (C=O) groups is 1. The van der Waals surface area contributed by atoms with Crippen molar-refractivity contribution in [2.75, 3.05) is 0 Å². The number of nitrogens with one attached hydrogen (secondary N) is 1. The fourth-order valence-electron chi connectivity index (χ4n) is 3.59. The Balaban J connectivity index is 1.47. The third-order valence-electron chi connectivity index (χ3n) is 5.25. The van der Waals surface area contributed by atoms with Crippen molar-refractivity contribution >= 4 is 16.9 Å². The van der Waals surface area contributed by atoms with E-state index in [9.17, 15) is 14.0 Å². The number of hydrogen-bond donors (Lipinski definition) is 1. The minimum Gasteiger partial charge on any atom is -0.422 e. The van der Waals surface area contributed by atoms with Gasteiger partial charge in [0.2, 0.25) is 0 Å². The van der Waals surface area contributed by atoms with Gasteiger partial charge in [0.15, 0.2) is 0 Å². The summed E-state index contributed by atoms with van der Waals surface area (Å²) >= 11 is 0. The number of benzene rings is 3. The van der Waals surface area contributed by atoms with Gasteiger partial charge in [-0.25, -0.2) is 13.9 Å². The molecule has 0 unspecified atom stereocenters. The van der Waals surface area contributed by atoms with E-state index >= 15 is 0 Å². The lowest BCUT2D eigenvalue weighted by molar-refractivity contribution is 0.0947. The summed E-state index contributed by atoms with van der Waals surface area (Å²) in [6.07, 6.45) is 1.80. The normalized spacial score (nSPS) is 10.9. The van der Waals surface area contributed by atoms with E-state index in [4.69, 9.17) is 4.42 Å². The highest BCUT2D eigenvalue weighted by molar-refractivity contribution is 5.96. The minimum atomic E-state index is -0.704. The van der Waals surface area contributed by atoms with Gasteiger partial charge in [-0.15, -0.1) is 0 Å². The van der Waals surface area contributed by atoms with Crippen molar-refractivity contribution in [3.8, 4) is 16.9 Å². The van der Waals surface area contributed by atoms with Crippen LogP contribution in [-0.4, -0.2) is 15.7 Å². The monoisotopic (exact) mass is 439 g/mol. The van der Waals surface area contributed by atoms with E-state index in [1.165, 1.54) is 18.2 Å². The van der Waals surface area contributed by atoms with Crippen molar-refractivity contribution in [1.29, 1.82) is 0 Å². The molecule has 0 radical (unpaired) electrons. The van der Waals surface area contributed by atoms with Crippen LogP contribution in [0.2, 0.25) is 0 Å². The molecule has 0 fully saturated rings. The molecule has 0 aliphatic rings. The van der Waals surface area contributed by atoms with Crippen molar-refractivity contribution in [3.05, 3.63) is 118 Å². The summed E-state index contributed by atoms with van der Waals surface area (Å²) in [6.45, 7) is 0.116. The van der Waals surface area contributed by atoms with E-state index in [0.717, 1.165) is 5.69 Å². The number of rotatable bonds is 5. The van der Waals surface area contributed by atoms with Crippen molar-refractivity contribution in [1.82, 2.24) is 15.1 Å². The molecule has 3 aromatic carbocycles. The maximum atomic E-state index is 13.4. The highest BCUT2D eigenvalue weighted by atomic mass is 19.1. The van der Waals surface area contributed by atoms with Gasteiger partial charge in [0.05, 0.1) is 11.4 Å². The van der Waals surface area contributed by atoms with Crippen LogP contribution < -0.4 is 10.9 Å². The molecule has 162 valence electrons. The van der Waals surface area contributed by atoms with Gasteiger partial charge < -0.3 is 9.73 Å². The van der Waals surface area contributed by atoms with E-state index in [1.54, 1.807) is 47.3 Å². The fraction of sp³-hybridized carbons (Fsp3) is 0.0385. The van der Waals surface area contributed by atoms with Crippen LogP contribution in [0, 0.1) is 5.82 Å². The fourth-order valence-corrected chi connectivity index (χ4v) is 3.59. The van der Waals surface area contributed by atoms with E-state index < -0.39 is 11.5 Å². The lowest BCUT2D eigenvalue weighted by Gasteiger charge is -2.06. The van der Waals surface area contributed by atoms with Crippen LogP contribution in [0.25, 0.3) is 27.9 Å². The molecular formula is C26H18FN3O3. The smallest absolute Gasteiger partial charge is 0.349 e. The SMILES string of the molecule is O=C(NCc1cn(-c2ccccc2)nc1-c1ccc(F)cc1)c1cc2ccccc2oc1=O. The largest absolute Gasteiger partial charge is 0.422 e. The van der Waals surface area contributed by atoms with Crippen LogP contribution >= 0.6 is 0 Å². The molecule has 0 bridgehead atoms. The molecular weight excluding hydrogens is 421 g/mol. The summed E-state index contributed by atoms with van der Waals surface area (Å²) < 4.78 is 20.4. The molecule has 0 aliphatic carbocycles. The Labute approximate surface area is 187 Å². The lowest BCUT2D eigenvalue weighted by atomic mass is 10.1. The Morgan fingerprint density at radius 3 is 2.48 bits per heavy atom. The Morgan fingerprint density at radius 2 is 1.70 bits per heavy atom. The number of amides is 1. The maximum absolute atomic E-state index is 13.4. The Kier molecular flexibility index (Phi) is 5.28. The predicted molar refractivity (Wildman–Crippen MR) is 123 cm³/mol. The number of halogens is 1. The molecule has 0 atom stereocenters. The summed E-state index contributed by atoms with van der Waals surface area (Å²) in [6, 6.07) is 24.0. The summed E-state index contributed by atoms with van der Waals surface area (Å²) in [5, 5.41) is 8.09. The molecule has 0 saturated heterocycles.